The van der Waals surface area contributed by atoms with Crippen molar-refractivity contribution in [2.24, 2.45) is 0 Å². The fraction of sp³-hybridized carbons (Fsp3) is 0.188. The molecule has 25 heavy (non-hydrogen) atoms. The van der Waals surface area contributed by atoms with Crippen LogP contribution in [0.25, 0.3) is 11.5 Å². The number of rotatable bonds is 4. The monoisotopic (exact) mass is 350 g/mol. The lowest BCUT2D eigenvalue weighted by molar-refractivity contribution is -0.155. The van der Waals surface area contributed by atoms with Crippen LogP contribution in [0.3, 0.4) is 0 Å². The summed E-state index contributed by atoms with van der Waals surface area (Å²) in [7, 11) is 0. The Balaban J connectivity index is 1.81. The molecule has 0 aliphatic carbocycles. The van der Waals surface area contributed by atoms with Crippen molar-refractivity contribution in [1.82, 2.24) is 20.5 Å². The first kappa shape index (κ1) is 16.7. The van der Waals surface area contributed by atoms with Crippen LogP contribution in [0.1, 0.15) is 27.9 Å². The van der Waals surface area contributed by atoms with E-state index >= 15 is 0 Å². The number of aryl methyl sites for hydroxylation is 1. The van der Waals surface area contributed by atoms with Crippen molar-refractivity contribution in [2.75, 3.05) is 0 Å². The zero-order valence-corrected chi connectivity index (χ0v) is 13.0. The molecule has 0 spiro atoms. The highest BCUT2D eigenvalue weighted by molar-refractivity contribution is 5.93. The molecule has 2 N–H and O–H groups in total. The van der Waals surface area contributed by atoms with Gasteiger partial charge in [0.2, 0.25) is 0 Å². The molecule has 0 saturated heterocycles. The maximum Gasteiger partial charge on any atom is 0.412 e. The van der Waals surface area contributed by atoms with Crippen molar-refractivity contribution in [2.45, 2.75) is 19.1 Å². The molecule has 3 aromatic heterocycles. The third kappa shape index (κ3) is 3.70. The number of carbonyl (C=O) groups excluding carboxylic acids is 1. The van der Waals surface area contributed by atoms with Crippen LogP contribution in [-0.4, -0.2) is 27.3 Å². The number of aromatic amines is 1. The van der Waals surface area contributed by atoms with E-state index in [2.05, 4.69) is 15.2 Å². The maximum atomic E-state index is 13.3. The average molecular weight is 350 g/mol. The van der Waals surface area contributed by atoms with E-state index < -0.39 is 18.1 Å². The molecule has 6 nitrogen and oxygen atoms in total. The Labute approximate surface area is 140 Å². The molecule has 1 unspecified atom stereocenters. The van der Waals surface area contributed by atoms with Gasteiger partial charge in [-0.1, -0.05) is 6.07 Å². The quantitative estimate of drug-likeness (QED) is 0.755. The first-order chi connectivity index (χ1) is 11.8. The Bertz CT molecular complexity index is 871. The maximum absolute atomic E-state index is 13.3. The molecule has 0 bridgehead atoms. The van der Waals surface area contributed by atoms with Gasteiger partial charge in [-0.05, 0) is 25.1 Å². The number of H-pyrrole nitrogens is 1. The molecule has 0 saturated carbocycles. The fourth-order valence-corrected chi connectivity index (χ4v) is 2.25. The second-order valence-corrected chi connectivity index (χ2v) is 5.31. The molecule has 3 rings (SSSR count). The predicted molar refractivity (Wildman–Crippen MR) is 81.5 cm³/mol. The molecule has 0 aromatic carbocycles. The molecule has 0 fully saturated rings. The van der Waals surface area contributed by atoms with Gasteiger partial charge in [-0.15, -0.1) is 0 Å². The molecule has 9 heteroatoms. The molecule has 0 aliphatic rings. The van der Waals surface area contributed by atoms with Gasteiger partial charge in [-0.2, -0.15) is 18.3 Å². The number of hydrogen-bond acceptors (Lipinski definition) is 4. The summed E-state index contributed by atoms with van der Waals surface area (Å²) in [5, 5.41) is 8.26. The van der Waals surface area contributed by atoms with Gasteiger partial charge < -0.3 is 9.73 Å². The minimum Gasteiger partial charge on any atom is -0.460 e. The number of furan rings is 1. The van der Waals surface area contributed by atoms with Crippen molar-refractivity contribution in [3.8, 4) is 11.5 Å². The molecule has 130 valence electrons. The van der Waals surface area contributed by atoms with Gasteiger partial charge >= 0.3 is 6.18 Å². The molecular formula is C16H13F3N4O2. The van der Waals surface area contributed by atoms with E-state index in [1.807, 2.05) is 5.32 Å². The number of nitrogens with zero attached hydrogens (tertiary/aromatic N) is 2. The van der Waals surface area contributed by atoms with Crippen molar-refractivity contribution in [3.63, 3.8) is 0 Å². The minimum atomic E-state index is -4.67. The number of hydrogen-bond donors (Lipinski definition) is 2. The summed E-state index contributed by atoms with van der Waals surface area (Å²) in [5.74, 6) is 0.130. The lowest BCUT2D eigenvalue weighted by atomic mass is 10.1. The van der Waals surface area contributed by atoms with E-state index in [1.54, 1.807) is 19.1 Å². The first-order valence-corrected chi connectivity index (χ1v) is 7.24. The van der Waals surface area contributed by atoms with E-state index in [4.69, 9.17) is 4.42 Å². The zero-order valence-electron chi connectivity index (χ0n) is 13.0. The second kappa shape index (κ2) is 6.42. The Morgan fingerprint density at radius 3 is 2.72 bits per heavy atom. The van der Waals surface area contributed by atoms with Gasteiger partial charge in [0.1, 0.15) is 11.5 Å². The van der Waals surface area contributed by atoms with Gasteiger partial charge in [-0.25, -0.2) is 0 Å². The Kier molecular flexibility index (Phi) is 4.30. The molecular weight excluding hydrogens is 337 g/mol. The molecule has 1 atom stereocenters. The number of pyridine rings is 1. The molecule has 0 aliphatic heterocycles. The Morgan fingerprint density at radius 2 is 2.12 bits per heavy atom. The van der Waals surface area contributed by atoms with Crippen molar-refractivity contribution >= 4 is 5.91 Å². The highest BCUT2D eigenvalue weighted by Gasteiger charge is 2.42. The van der Waals surface area contributed by atoms with E-state index in [0.29, 0.717) is 17.2 Å². The summed E-state index contributed by atoms with van der Waals surface area (Å²) >= 11 is 0. The summed E-state index contributed by atoms with van der Waals surface area (Å²) in [6, 6.07) is 5.14. The first-order valence-electron chi connectivity index (χ1n) is 7.24. The average Bonchev–Trinajstić information content (AvgIpc) is 3.21. The summed E-state index contributed by atoms with van der Waals surface area (Å²) in [5.41, 5.74) is 0.0474. The Morgan fingerprint density at radius 1 is 1.32 bits per heavy atom. The fourth-order valence-electron chi connectivity index (χ4n) is 2.25. The SMILES string of the molecule is Cc1ccc(-c2cc(C(=O)NC(c3cccnc3)C(F)(F)F)n[nH]2)o1. The van der Waals surface area contributed by atoms with Crippen molar-refractivity contribution < 1.29 is 22.4 Å². The molecule has 1 amide bonds. The van der Waals surface area contributed by atoms with Gasteiger partial charge in [0.25, 0.3) is 5.91 Å². The van der Waals surface area contributed by atoms with Gasteiger partial charge in [0.15, 0.2) is 17.5 Å². The van der Waals surface area contributed by atoms with Crippen LogP contribution >= 0.6 is 0 Å². The molecule has 3 heterocycles. The van der Waals surface area contributed by atoms with E-state index in [-0.39, 0.29) is 11.3 Å². The van der Waals surface area contributed by atoms with Crippen LogP contribution in [0.2, 0.25) is 0 Å². The number of amides is 1. The number of alkyl halides is 3. The second-order valence-electron chi connectivity index (χ2n) is 5.31. The van der Waals surface area contributed by atoms with Gasteiger partial charge in [-0.3, -0.25) is 14.9 Å². The lowest BCUT2D eigenvalue weighted by Gasteiger charge is -2.21. The summed E-state index contributed by atoms with van der Waals surface area (Å²) in [6.45, 7) is 1.75. The lowest BCUT2D eigenvalue weighted by Crippen LogP contribution is -2.38. The van der Waals surface area contributed by atoms with Gasteiger partial charge in [0, 0.05) is 24.0 Å². The Hall–Kier alpha value is -3.10. The summed E-state index contributed by atoms with van der Waals surface area (Å²) < 4.78 is 45.2. The van der Waals surface area contributed by atoms with E-state index in [9.17, 15) is 18.0 Å². The highest BCUT2D eigenvalue weighted by atomic mass is 19.4. The van der Waals surface area contributed by atoms with Crippen LogP contribution in [0.5, 0.6) is 0 Å². The highest BCUT2D eigenvalue weighted by Crippen LogP contribution is 2.32. The van der Waals surface area contributed by atoms with Crippen LogP contribution in [0.15, 0.2) is 47.1 Å². The predicted octanol–water partition coefficient (Wildman–Crippen LogP) is 3.41. The van der Waals surface area contributed by atoms with Gasteiger partial charge in [0.05, 0.1) is 0 Å². The third-order valence-corrected chi connectivity index (χ3v) is 3.44. The number of nitrogens with one attached hydrogen (secondary N) is 2. The largest absolute Gasteiger partial charge is 0.460 e. The summed E-state index contributed by atoms with van der Waals surface area (Å²) in [6.07, 6.45) is -2.26. The smallest absolute Gasteiger partial charge is 0.412 e. The van der Waals surface area contributed by atoms with E-state index in [1.165, 1.54) is 24.4 Å². The standard InChI is InChI=1S/C16H13F3N4O2/c1-9-4-5-13(25-9)11-7-12(23-22-11)15(24)21-14(16(17,18)19)10-3-2-6-20-8-10/h2-8,14H,1H3,(H,21,24)(H,22,23). The normalized spacial score (nSPS) is 12.8. The van der Waals surface area contributed by atoms with Crippen LogP contribution in [0, 0.1) is 6.92 Å². The number of carbonyl (C=O) groups is 1. The van der Waals surface area contributed by atoms with Crippen molar-refractivity contribution in [3.05, 3.63) is 59.7 Å². The van der Waals surface area contributed by atoms with E-state index in [0.717, 1.165) is 6.20 Å². The van der Waals surface area contributed by atoms with Crippen molar-refractivity contribution in [1.29, 1.82) is 0 Å². The van der Waals surface area contributed by atoms with Crippen LogP contribution in [-0.2, 0) is 0 Å². The third-order valence-electron chi connectivity index (χ3n) is 3.44. The molecule has 0 radical (unpaired) electrons. The summed E-state index contributed by atoms with van der Waals surface area (Å²) in [4.78, 5) is 15.8. The topological polar surface area (TPSA) is 83.8 Å². The van der Waals surface area contributed by atoms with Crippen LogP contribution in [0.4, 0.5) is 13.2 Å². The molecule has 3 aromatic rings. The van der Waals surface area contributed by atoms with Crippen LogP contribution < -0.4 is 5.32 Å². The number of halogens is 3. The number of aromatic nitrogens is 3. The zero-order chi connectivity index (χ0) is 18.0. The minimum absolute atomic E-state index is 0.166.